The van der Waals surface area contributed by atoms with Crippen LogP contribution in [0.1, 0.15) is 38.8 Å². The first kappa shape index (κ1) is 15.5. The fourth-order valence-electron chi connectivity index (χ4n) is 4.84. The Kier molecular flexibility index (Phi) is 3.53. The van der Waals surface area contributed by atoms with Crippen LogP contribution in [0.3, 0.4) is 0 Å². The van der Waals surface area contributed by atoms with E-state index in [0.29, 0.717) is 12.1 Å². The molecule has 5 rings (SSSR count). The van der Waals surface area contributed by atoms with Crippen LogP contribution in [0.2, 0.25) is 0 Å². The lowest BCUT2D eigenvalue weighted by molar-refractivity contribution is -0.810. The van der Waals surface area contributed by atoms with Crippen molar-refractivity contribution in [3.63, 3.8) is 0 Å². The van der Waals surface area contributed by atoms with Gasteiger partial charge in [0.2, 0.25) is 23.1 Å². The molecule has 26 heavy (non-hydrogen) atoms. The fourth-order valence-corrected chi connectivity index (χ4v) is 4.84. The third kappa shape index (κ3) is 2.05. The summed E-state index contributed by atoms with van der Waals surface area (Å²) in [4.78, 5) is 0. The van der Waals surface area contributed by atoms with Crippen LogP contribution in [-0.4, -0.2) is 0 Å². The summed E-state index contributed by atoms with van der Waals surface area (Å²) in [5.41, 5.74) is 5.33. The first-order valence-electron chi connectivity index (χ1n) is 9.70. The molecule has 2 unspecified atom stereocenters. The maximum absolute atomic E-state index is 2.59. The summed E-state index contributed by atoms with van der Waals surface area (Å²) in [6, 6.07) is 27.6. The standard InChI is InChI=1S/C24H24N2/c1-3-19-20(4-2)26-22-12-8-6-10-18(22)14-16-24(26)23-15-13-17-9-5-7-11-21(17)25(19)23/h5-16,19-20H,3-4H2,1-2H3/q+2. The van der Waals surface area contributed by atoms with E-state index in [-0.39, 0.29) is 0 Å². The maximum Gasteiger partial charge on any atom is 0.278 e. The zero-order chi connectivity index (χ0) is 17.7. The molecule has 0 spiro atoms. The van der Waals surface area contributed by atoms with Gasteiger partial charge in [-0.1, -0.05) is 38.1 Å². The maximum atomic E-state index is 2.59. The molecule has 3 heterocycles. The molecule has 2 nitrogen and oxygen atoms in total. The topological polar surface area (TPSA) is 7.76 Å². The van der Waals surface area contributed by atoms with Gasteiger partial charge >= 0.3 is 0 Å². The second-order valence-corrected chi connectivity index (χ2v) is 7.25. The highest BCUT2D eigenvalue weighted by Gasteiger charge is 2.46. The minimum absolute atomic E-state index is 0.462. The van der Waals surface area contributed by atoms with Crippen molar-refractivity contribution in [1.29, 1.82) is 0 Å². The van der Waals surface area contributed by atoms with Gasteiger partial charge < -0.3 is 0 Å². The van der Waals surface area contributed by atoms with Crippen molar-refractivity contribution in [2.45, 2.75) is 38.8 Å². The molecule has 2 atom stereocenters. The predicted octanol–water partition coefficient (Wildman–Crippen LogP) is 5.15. The number of para-hydroxylation sites is 2. The van der Waals surface area contributed by atoms with Gasteiger partial charge in [-0.25, -0.2) is 0 Å². The molecule has 0 radical (unpaired) electrons. The Bertz CT molecular complexity index is 1040. The largest absolute Gasteiger partial charge is 0.278 e. The number of pyridine rings is 2. The summed E-state index contributed by atoms with van der Waals surface area (Å²) in [6.45, 7) is 4.64. The number of benzene rings is 2. The zero-order valence-corrected chi connectivity index (χ0v) is 15.4. The molecule has 4 aromatic rings. The lowest BCUT2D eigenvalue weighted by atomic mass is 9.94. The molecule has 2 aromatic carbocycles. The van der Waals surface area contributed by atoms with E-state index in [2.05, 4.69) is 95.8 Å². The lowest BCUT2D eigenvalue weighted by Gasteiger charge is -2.26. The number of fused-ring (bicyclic) bond motifs is 7. The Labute approximate surface area is 154 Å². The molecule has 2 aromatic heterocycles. The summed E-state index contributed by atoms with van der Waals surface area (Å²) in [5, 5.41) is 2.64. The highest BCUT2D eigenvalue weighted by atomic mass is 15.2. The first-order valence-corrected chi connectivity index (χ1v) is 9.70. The highest BCUT2D eigenvalue weighted by molar-refractivity contribution is 5.79. The monoisotopic (exact) mass is 340 g/mol. The molecule has 0 N–H and O–H groups in total. The van der Waals surface area contributed by atoms with Gasteiger partial charge in [0.05, 0.1) is 0 Å². The summed E-state index contributed by atoms with van der Waals surface area (Å²) >= 11 is 0. The van der Waals surface area contributed by atoms with Crippen LogP contribution in [0.4, 0.5) is 0 Å². The van der Waals surface area contributed by atoms with Gasteiger partial charge in [0.15, 0.2) is 0 Å². The minimum atomic E-state index is 0.462. The van der Waals surface area contributed by atoms with Gasteiger partial charge in [0, 0.05) is 47.9 Å². The molecular formula is C24H24N2+2. The van der Waals surface area contributed by atoms with Crippen molar-refractivity contribution >= 4 is 21.8 Å². The molecule has 0 saturated carbocycles. The van der Waals surface area contributed by atoms with Crippen LogP contribution in [0.5, 0.6) is 0 Å². The normalized spacial score (nSPS) is 18.7. The number of aromatic nitrogens is 2. The Morgan fingerprint density at radius 2 is 1.00 bits per heavy atom. The van der Waals surface area contributed by atoms with Crippen molar-refractivity contribution in [2.24, 2.45) is 0 Å². The van der Waals surface area contributed by atoms with Crippen molar-refractivity contribution < 1.29 is 9.13 Å². The first-order chi connectivity index (χ1) is 12.8. The number of hydrogen-bond acceptors (Lipinski definition) is 0. The summed E-state index contributed by atoms with van der Waals surface area (Å²) in [6.07, 6.45) is 2.25. The van der Waals surface area contributed by atoms with Crippen LogP contribution in [-0.2, 0) is 0 Å². The van der Waals surface area contributed by atoms with E-state index in [0.717, 1.165) is 12.8 Å². The van der Waals surface area contributed by atoms with Crippen LogP contribution >= 0.6 is 0 Å². The Morgan fingerprint density at radius 1 is 0.577 bits per heavy atom. The summed E-state index contributed by atoms with van der Waals surface area (Å²) in [7, 11) is 0. The summed E-state index contributed by atoms with van der Waals surface area (Å²) < 4.78 is 5.18. The molecule has 1 aliphatic rings. The summed E-state index contributed by atoms with van der Waals surface area (Å²) in [5.74, 6) is 0. The van der Waals surface area contributed by atoms with Crippen molar-refractivity contribution in [3.05, 3.63) is 72.8 Å². The predicted molar refractivity (Wildman–Crippen MR) is 106 cm³/mol. The number of rotatable bonds is 2. The van der Waals surface area contributed by atoms with E-state index in [1.54, 1.807) is 0 Å². The molecule has 0 fully saturated rings. The lowest BCUT2D eigenvalue weighted by Crippen LogP contribution is -2.60. The minimum Gasteiger partial charge on any atom is -0.176 e. The fraction of sp³-hybridized carbons (Fsp3) is 0.250. The third-order valence-electron chi connectivity index (χ3n) is 5.96. The second-order valence-electron chi connectivity index (χ2n) is 7.25. The second kappa shape index (κ2) is 5.91. The molecule has 0 amide bonds. The molecule has 2 heteroatoms. The van der Waals surface area contributed by atoms with Crippen molar-refractivity contribution in [2.75, 3.05) is 0 Å². The highest BCUT2D eigenvalue weighted by Crippen LogP contribution is 2.33. The molecular weight excluding hydrogens is 316 g/mol. The SMILES string of the molecule is CCC1C(CC)[n+]2c(ccc3ccccc32)-c2ccc3ccccc3[n+]21. The van der Waals surface area contributed by atoms with Gasteiger partial charge in [0.1, 0.15) is 0 Å². The van der Waals surface area contributed by atoms with Gasteiger partial charge in [-0.3, -0.25) is 0 Å². The zero-order valence-electron chi connectivity index (χ0n) is 15.4. The van der Waals surface area contributed by atoms with E-state index in [1.807, 2.05) is 0 Å². The number of nitrogens with zero attached hydrogens (tertiary/aromatic N) is 2. The van der Waals surface area contributed by atoms with Gasteiger partial charge in [-0.05, 0) is 24.3 Å². The molecule has 0 bridgehead atoms. The van der Waals surface area contributed by atoms with Gasteiger partial charge in [-0.15, -0.1) is 0 Å². The Balaban J connectivity index is 1.94. The molecule has 128 valence electrons. The van der Waals surface area contributed by atoms with E-state index < -0.39 is 0 Å². The molecule has 1 aliphatic heterocycles. The molecule has 0 saturated heterocycles. The molecule has 0 aliphatic carbocycles. The van der Waals surface area contributed by atoms with E-state index in [4.69, 9.17) is 0 Å². The quantitative estimate of drug-likeness (QED) is 0.446. The van der Waals surface area contributed by atoms with E-state index in [9.17, 15) is 0 Å². The van der Waals surface area contributed by atoms with Crippen molar-refractivity contribution in [1.82, 2.24) is 0 Å². The van der Waals surface area contributed by atoms with Gasteiger partial charge in [0.25, 0.3) is 11.4 Å². The van der Waals surface area contributed by atoms with Crippen molar-refractivity contribution in [3.8, 4) is 11.4 Å². The number of hydrogen-bond donors (Lipinski definition) is 0. The van der Waals surface area contributed by atoms with Crippen LogP contribution in [0, 0.1) is 0 Å². The Hall–Kier alpha value is -2.74. The smallest absolute Gasteiger partial charge is 0.176 e. The van der Waals surface area contributed by atoms with E-state index in [1.165, 1.54) is 33.2 Å². The van der Waals surface area contributed by atoms with E-state index >= 15 is 0 Å². The van der Waals surface area contributed by atoms with Crippen LogP contribution < -0.4 is 9.13 Å². The average molecular weight is 340 g/mol. The Morgan fingerprint density at radius 3 is 1.42 bits per heavy atom. The van der Waals surface area contributed by atoms with Crippen LogP contribution in [0.15, 0.2) is 72.8 Å². The van der Waals surface area contributed by atoms with Crippen LogP contribution in [0.25, 0.3) is 33.2 Å². The van der Waals surface area contributed by atoms with Gasteiger partial charge in [-0.2, -0.15) is 9.13 Å². The third-order valence-corrected chi connectivity index (χ3v) is 5.96. The average Bonchev–Trinajstić information content (AvgIpc) is 2.71.